The van der Waals surface area contributed by atoms with E-state index < -0.39 is 27.9 Å². The number of rotatable bonds is 5. The van der Waals surface area contributed by atoms with Gasteiger partial charge >= 0.3 is 0 Å². The summed E-state index contributed by atoms with van der Waals surface area (Å²) in [5, 5.41) is 0. The van der Waals surface area contributed by atoms with Crippen LogP contribution in [-0.4, -0.2) is 32.9 Å². The number of ether oxygens (including phenoxy) is 2. The third-order valence-electron chi connectivity index (χ3n) is 5.13. The van der Waals surface area contributed by atoms with Crippen LogP contribution < -0.4 is 25.0 Å². The molecule has 0 aromatic heterocycles. The number of carbonyl (C=O) groups is 2. The number of hydrogen-bond donors (Lipinski definition) is 3. The largest absolute Gasteiger partial charge is 0.485 e. The summed E-state index contributed by atoms with van der Waals surface area (Å²) >= 11 is 0. The summed E-state index contributed by atoms with van der Waals surface area (Å²) in [6.07, 6.45) is -0.957. The summed E-state index contributed by atoms with van der Waals surface area (Å²) in [4.78, 5) is 25.1. The molecule has 34 heavy (non-hydrogen) atoms. The van der Waals surface area contributed by atoms with Gasteiger partial charge in [0.25, 0.3) is 21.8 Å². The standard InChI is InChI=1S/C24H23N3O6S/c1-15-6-5-7-17(12-15)27-34(30,31)18-11-10-16(2)19(13-18)23(28)25-26-24(29)22-14-32-20-8-3-4-9-21(20)33-22/h3-13,22,27H,14H2,1-2H3,(H,25,28)(H,26,29). The molecule has 176 valence electrons. The van der Waals surface area contributed by atoms with Crippen LogP contribution in [0, 0.1) is 13.8 Å². The lowest BCUT2D eigenvalue weighted by Crippen LogP contribution is -2.51. The lowest BCUT2D eigenvalue weighted by Gasteiger charge is -2.25. The van der Waals surface area contributed by atoms with Crippen molar-refractivity contribution >= 4 is 27.5 Å². The van der Waals surface area contributed by atoms with E-state index in [9.17, 15) is 18.0 Å². The summed E-state index contributed by atoms with van der Waals surface area (Å²) in [7, 11) is -3.93. The van der Waals surface area contributed by atoms with Gasteiger partial charge in [-0.1, -0.05) is 30.3 Å². The number of sulfonamides is 1. The van der Waals surface area contributed by atoms with Crippen molar-refractivity contribution < 1.29 is 27.5 Å². The second kappa shape index (κ2) is 9.44. The van der Waals surface area contributed by atoms with E-state index in [1.807, 2.05) is 13.0 Å². The van der Waals surface area contributed by atoms with E-state index in [0.717, 1.165) is 5.56 Å². The highest BCUT2D eigenvalue weighted by atomic mass is 32.2. The number of fused-ring (bicyclic) bond motifs is 1. The molecule has 0 aliphatic carbocycles. The summed E-state index contributed by atoms with van der Waals surface area (Å²) in [5.74, 6) is -0.320. The molecule has 1 unspecified atom stereocenters. The van der Waals surface area contributed by atoms with Crippen molar-refractivity contribution in [2.75, 3.05) is 11.3 Å². The first-order chi connectivity index (χ1) is 16.2. The molecule has 3 aromatic carbocycles. The zero-order valence-corrected chi connectivity index (χ0v) is 19.3. The van der Waals surface area contributed by atoms with Crippen LogP contribution in [-0.2, 0) is 14.8 Å². The molecule has 3 N–H and O–H groups in total. The number of hydrazine groups is 1. The van der Waals surface area contributed by atoms with Crippen LogP contribution in [0.15, 0.2) is 71.6 Å². The summed E-state index contributed by atoms with van der Waals surface area (Å²) in [6, 6.07) is 18.1. The maximum Gasteiger partial charge on any atom is 0.283 e. The summed E-state index contributed by atoms with van der Waals surface area (Å²) < 4.78 is 39.3. The fourth-order valence-electron chi connectivity index (χ4n) is 3.35. The minimum absolute atomic E-state index is 0.0178. The van der Waals surface area contributed by atoms with E-state index in [4.69, 9.17) is 9.47 Å². The van der Waals surface area contributed by atoms with Crippen molar-refractivity contribution in [2.45, 2.75) is 24.8 Å². The molecule has 4 rings (SSSR count). The molecule has 0 saturated heterocycles. The average Bonchev–Trinajstić information content (AvgIpc) is 2.82. The Morgan fingerprint density at radius 1 is 0.912 bits per heavy atom. The Hall–Kier alpha value is -4.05. The number of aryl methyl sites for hydroxylation is 2. The molecule has 0 bridgehead atoms. The van der Waals surface area contributed by atoms with Gasteiger partial charge in [0.2, 0.25) is 6.10 Å². The lowest BCUT2D eigenvalue weighted by molar-refractivity contribution is -0.131. The minimum atomic E-state index is -3.93. The van der Waals surface area contributed by atoms with Crippen LogP contribution in [0.5, 0.6) is 11.5 Å². The molecule has 9 nitrogen and oxygen atoms in total. The van der Waals surface area contributed by atoms with Crippen LogP contribution in [0.1, 0.15) is 21.5 Å². The maximum absolute atomic E-state index is 12.8. The Morgan fingerprint density at radius 2 is 1.68 bits per heavy atom. The first-order valence-electron chi connectivity index (χ1n) is 10.4. The molecule has 3 aromatic rings. The molecule has 1 heterocycles. The quantitative estimate of drug-likeness (QED) is 0.482. The second-order valence-electron chi connectivity index (χ2n) is 7.76. The highest BCUT2D eigenvalue weighted by Crippen LogP contribution is 2.30. The van der Waals surface area contributed by atoms with Gasteiger partial charge in [-0.05, 0) is 61.4 Å². The fraction of sp³-hybridized carbons (Fsp3) is 0.167. The smallest absolute Gasteiger partial charge is 0.283 e. The van der Waals surface area contributed by atoms with Gasteiger partial charge in [-0.3, -0.25) is 25.2 Å². The number of anilines is 1. The van der Waals surface area contributed by atoms with Gasteiger partial charge < -0.3 is 9.47 Å². The SMILES string of the molecule is Cc1cccc(NS(=O)(=O)c2ccc(C)c(C(=O)NNC(=O)C3COc4ccccc4O3)c2)c1. The first-order valence-corrected chi connectivity index (χ1v) is 11.9. The van der Waals surface area contributed by atoms with Crippen LogP contribution in [0.25, 0.3) is 0 Å². The molecule has 0 spiro atoms. The number of benzene rings is 3. The highest BCUT2D eigenvalue weighted by molar-refractivity contribution is 7.92. The Morgan fingerprint density at radius 3 is 2.44 bits per heavy atom. The predicted octanol–water partition coefficient (Wildman–Crippen LogP) is 2.71. The van der Waals surface area contributed by atoms with Crippen LogP contribution in [0.3, 0.4) is 0 Å². The molecule has 0 fully saturated rings. The van der Waals surface area contributed by atoms with Crippen LogP contribution in [0.2, 0.25) is 0 Å². The Kier molecular flexibility index (Phi) is 6.42. The number of para-hydroxylation sites is 2. The summed E-state index contributed by atoms with van der Waals surface area (Å²) in [6.45, 7) is 3.50. The van der Waals surface area contributed by atoms with E-state index >= 15 is 0 Å². The van der Waals surface area contributed by atoms with Crippen molar-refractivity contribution in [1.82, 2.24) is 10.9 Å². The van der Waals surface area contributed by atoms with E-state index in [2.05, 4.69) is 15.6 Å². The number of amides is 2. The van der Waals surface area contributed by atoms with Crippen molar-refractivity contribution in [3.05, 3.63) is 83.4 Å². The number of carbonyl (C=O) groups excluding carboxylic acids is 2. The normalized spacial score (nSPS) is 14.7. The van der Waals surface area contributed by atoms with Gasteiger partial charge in [-0.25, -0.2) is 8.42 Å². The van der Waals surface area contributed by atoms with E-state index in [1.54, 1.807) is 49.4 Å². The molecule has 10 heteroatoms. The van der Waals surface area contributed by atoms with Crippen molar-refractivity contribution in [2.24, 2.45) is 0 Å². The van der Waals surface area contributed by atoms with Gasteiger partial charge in [0.15, 0.2) is 11.5 Å². The van der Waals surface area contributed by atoms with Crippen LogP contribution in [0.4, 0.5) is 5.69 Å². The zero-order valence-electron chi connectivity index (χ0n) is 18.5. The monoisotopic (exact) mass is 481 g/mol. The Labute approximate surface area is 197 Å². The average molecular weight is 482 g/mol. The molecular weight excluding hydrogens is 458 g/mol. The third-order valence-corrected chi connectivity index (χ3v) is 6.51. The number of hydrogen-bond acceptors (Lipinski definition) is 6. The van der Waals surface area contributed by atoms with Crippen LogP contribution >= 0.6 is 0 Å². The lowest BCUT2D eigenvalue weighted by atomic mass is 10.1. The predicted molar refractivity (Wildman–Crippen MR) is 125 cm³/mol. The second-order valence-corrected chi connectivity index (χ2v) is 9.44. The van der Waals surface area contributed by atoms with Crippen molar-refractivity contribution in [3.8, 4) is 11.5 Å². The van der Waals surface area contributed by atoms with Gasteiger partial charge in [-0.2, -0.15) is 0 Å². The van der Waals surface area contributed by atoms with Gasteiger partial charge in [0.05, 0.1) is 4.90 Å². The van der Waals surface area contributed by atoms with E-state index in [-0.39, 0.29) is 17.1 Å². The molecule has 1 aliphatic heterocycles. The first kappa shape index (κ1) is 23.1. The maximum atomic E-state index is 12.8. The zero-order chi connectivity index (χ0) is 24.3. The molecular formula is C24H23N3O6S. The van der Waals surface area contributed by atoms with Gasteiger partial charge in [-0.15, -0.1) is 0 Å². The van der Waals surface area contributed by atoms with Gasteiger partial charge in [0, 0.05) is 11.3 Å². The van der Waals surface area contributed by atoms with Crippen molar-refractivity contribution in [3.63, 3.8) is 0 Å². The molecule has 0 radical (unpaired) electrons. The minimum Gasteiger partial charge on any atom is -0.485 e. The fourth-order valence-corrected chi connectivity index (χ4v) is 4.43. The molecule has 2 amide bonds. The molecule has 1 atom stereocenters. The number of nitrogens with one attached hydrogen (secondary N) is 3. The molecule has 1 aliphatic rings. The third kappa shape index (κ3) is 5.12. The van der Waals surface area contributed by atoms with Crippen molar-refractivity contribution in [1.29, 1.82) is 0 Å². The highest BCUT2D eigenvalue weighted by Gasteiger charge is 2.28. The van der Waals surface area contributed by atoms with E-state index in [0.29, 0.717) is 22.7 Å². The van der Waals surface area contributed by atoms with Gasteiger partial charge in [0.1, 0.15) is 6.61 Å². The topological polar surface area (TPSA) is 123 Å². The Bertz CT molecular complexity index is 1360. The molecule has 0 saturated carbocycles. The summed E-state index contributed by atoms with van der Waals surface area (Å²) in [5.41, 5.74) is 6.55. The Balaban J connectivity index is 1.43. The van der Waals surface area contributed by atoms with E-state index in [1.165, 1.54) is 18.2 Å².